The first-order valence-electron chi connectivity index (χ1n) is 12.8. The Bertz CT molecular complexity index is 1260. The number of anilines is 1. The number of nitrogens with one attached hydrogen (secondary N) is 1. The van der Waals surface area contributed by atoms with Crippen molar-refractivity contribution in [2.75, 3.05) is 51.0 Å². The summed E-state index contributed by atoms with van der Waals surface area (Å²) >= 11 is 0. The van der Waals surface area contributed by atoms with Crippen LogP contribution in [0.1, 0.15) is 56.1 Å². The number of esters is 1. The van der Waals surface area contributed by atoms with Gasteiger partial charge >= 0.3 is 5.97 Å². The molecule has 2 heterocycles. The molecule has 1 N–H and O–H groups in total. The molecule has 0 atom stereocenters. The highest BCUT2D eigenvalue weighted by Gasteiger charge is 2.45. The van der Waals surface area contributed by atoms with E-state index in [0.29, 0.717) is 42.3 Å². The van der Waals surface area contributed by atoms with E-state index in [9.17, 15) is 9.59 Å². The largest absolute Gasteiger partial charge is 0.490 e. The molecule has 0 radical (unpaired) electrons. The first-order valence-corrected chi connectivity index (χ1v) is 12.8. The van der Waals surface area contributed by atoms with Crippen LogP contribution in [-0.2, 0) is 15.1 Å². The number of ketones is 1. The number of nitrogens with zero attached hydrogens (tertiary/aromatic N) is 2. The van der Waals surface area contributed by atoms with Gasteiger partial charge in [0, 0.05) is 5.56 Å². The third-order valence-electron chi connectivity index (χ3n) is 6.78. The van der Waals surface area contributed by atoms with Gasteiger partial charge in [-0.15, -0.1) is 0 Å². The second-order valence-corrected chi connectivity index (χ2v) is 9.48. The van der Waals surface area contributed by atoms with E-state index in [2.05, 4.69) is 0 Å². The van der Waals surface area contributed by atoms with E-state index in [1.807, 2.05) is 18.7 Å². The predicted molar refractivity (Wildman–Crippen MR) is 140 cm³/mol. The molecule has 9 nitrogen and oxygen atoms in total. The molecule has 10 heteroatoms. The normalized spacial score (nSPS) is 15.5. The molecule has 38 heavy (non-hydrogen) atoms. The Morgan fingerprint density at radius 3 is 2.50 bits per heavy atom. The number of carbonyl (C=O) groups is 2. The van der Waals surface area contributed by atoms with Crippen LogP contribution in [0.4, 0.5) is 10.1 Å². The monoisotopic (exact) mass is 527 g/mol. The Morgan fingerprint density at radius 2 is 1.82 bits per heavy atom. The molecule has 0 unspecified atom stereocenters. The average Bonchev–Trinajstić information content (AvgIpc) is 3.06. The van der Waals surface area contributed by atoms with E-state index in [1.165, 1.54) is 0 Å². The lowest BCUT2D eigenvalue weighted by atomic mass is 9.92. The van der Waals surface area contributed by atoms with Crippen molar-refractivity contribution in [1.82, 2.24) is 4.90 Å². The molecule has 0 aromatic heterocycles. The molecule has 0 fully saturated rings. The summed E-state index contributed by atoms with van der Waals surface area (Å²) in [7, 11) is 0. The second kappa shape index (κ2) is 10.9. The summed E-state index contributed by atoms with van der Waals surface area (Å²) < 4.78 is 37.6. The molecule has 2 aromatic carbocycles. The highest BCUT2D eigenvalue weighted by molar-refractivity contribution is 6.07. The maximum absolute atomic E-state index is 15.6. The SMILES string of the molecule is CCOC(=O)CN1CCOc2ccc(C(=O)CN3C(=N)c4c(cc(OCC)c(OCC)c4F)C3(C)C)cc21. The van der Waals surface area contributed by atoms with E-state index in [1.54, 1.807) is 49.9 Å². The van der Waals surface area contributed by atoms with Gasteiger partial charge in [0.1, 0.15) is 24.7 Å². The van der Waals surface area contributed by atoms with Crippen LogP contribution in [0.3, 0.4) is 0 Å². The maximum Gasteiger partial charge on any atom is 0.325 e. The summed E-state index contributed by atoms with van der Waals surface area (Å²) in [5, 5.41) is 8.80. The maximum atomic E-state index is 15.6. The summed E-state index contributed by atoms with van der Waals surface area (Å²) in [5.74, 6) is -0.550. The van der Waals surface area contributed by atoms with Crippen molar-refractivity contribution in [2.24, 2.45) is 0 Å². The molecule has 2 aromatic rings. The van der Waals surface area contributed by atoms with Crippen molar-refractivity contribution >= 4 is 23.3 Å². The number of ether oxygens (including phenoxy) is 4. The van der Waals surface area contributed by atoms with Crippen LogP contribution >= 0.6 is 0 Å². The number of amidine groups is 1. The topological polar surface area (TPSA) is 101 Å². The molecule has 2 aliphatic rings. The van der Waals surface area contributed by atoms with Crippen molar-refractivity contribution in [3.05, 3.63) is 46.8 Å². The average molecular weight is 528 g/mol. The fourth-order valence-electron chi connectivity index (χ4n) is 4.91. The molecule has 2 aliphatic heterocycles. The zero-order valence-electron chi connectivity index (χ0n) is 22.5. The standard InChI is InChI=1S/C28H34FN3O6/c1-6-35-22-14-18-24(25(29)26(22)37-8-3)27(30)32(28(18,4)5)15-20(33)17-9-10-21-19(13-17)31(11-12-38-21)16-23(34)36-7-2/h9-10,13-14,30H,6-8,11-12,15-16H2,1-5H3. The minimum atomic E-state index is -0.854. The highest BCUT2D eigenvalue weighted by atomic mass is 19.1. The highest BCUT2D eigenvalue weighted by Crippen LogP contribution is 2.46. The summed E-state index contributed by atoms with van der Waals surface area (Å²) in [5.41, 5.74) is 0.830. The van der Waals surface area contributed by atoms with Crippen LogP contribution < -0.4 is 19.1 Å². The molecule has 204 valence electrons. The Kier molecular flexibility index (Phi) is 7.80. The zero-order chi connectivity index (χ0) is 27.6. The lowest BCUT2D eigenvalue weighted by Crippen LogP contribution is -2.42. The minimum absolute atomic E-state index is 0.0294. The number of rotatable bonds is 10. The number of halogens is 1. The van der Waals surface area contributed by atoms with Gasteiger partial charge in [0.05, 0.1) is 49.7 Å². The fourth-order valence-corrected chi connectivity index (χ4v) is 4.91. The quantitative estimate of drug-likeness (QED) is 0.363. The Hall–Kier alpha value is -3.82. The van der Waals surface area contributed by atoms with Gasteiger partial charge in [-0.05, 0) is 64.4 Å². The minimum Gasteiger partial charge on any atom is -0.490 e. The van der Waals surface area contributed by atoms with Gasteiger partial charge in [-0.1, -0.05) is 0 Å². The van der Waals surface area contributed by atoms with Gasteiger partial charge in [0.2, 0.25) is 0 Å². The van der Waals surface area contributed by atoms with Crippen molar-refractivity contribution < 1.29 is 32.9 Å². The number of Topliss-reactive ketones (excluding diaryl/α,β-unsaturated/α-hetero) is 1. The molecular weight excluding hydrogens is 493 g/mol. The van der Waals surface area contributed by atoms with E-state index in [-0.39, 0.29) is 61.0 Å². The summed E-state index contributed by atoms with van der Waals surface area (Å²) in [6, 6.07) is 6.76. The van der Waals surface area contributed by atoms with Gasteiger partial charge in [-0.3, -0.25) is 15.0 Å². The van der Waals surface area contributed by atoms with E-state index < -0.39 is 11.4 Å². The molecular formula is C28H34FN3O6. The first kappa shape index (κ1) is 27.2. The Labute approximate surface area is 221 Å². The number of hydrogen-bond donors (Lipinski definition) is 1. The van der Waals surface area contributed by atoms with Crippen LogP contribution in [-0.4, -0.2) is 68.5 Å². The summed E-state index contributed by atoms with van der Waals surface area (Å²) in [4.78, 5) is 29.0. The lowest BCUT2D eigenvalue weighted by Gasteiger charge is -2.34. The van der Waals surface area contributed by atoms with Gasteiger partial charge in [-0.25, -0.2) is 4.39 Å². The van der Waals surface area contributed by atoms with Crippen LogP contribution in [0.2, 0.25) is 0 Å². The summed E-state index contributed by atoms with van der Waals surface area (Å²) in [6.07, 6.45) is 0. The Balaban J connectivity index is 1.63. The van der Waals surface area contributed by atoms with Crippen LogP contribution in [0, 0.1) is 11.2 Å². The van der Waals surface area contributed by atoms with Gasteiger partial charge in [0.25, 0.3) is 0 Å². The third-order valence-corrected chi connectivity index (χ3v) is 6.78. The van der Waals surface area contributed by atoms with E-state index in [4.69, 9.17) is 24.4 Å². The number of benzene rings is 2. The number of fused-ring (bicyclic) bond motifs is 2. The smallest absolute Gasteiger partial charge is 0.325 e. The van der Waals surface area contributed by atoms with Crippen LogP contribution in [0.25, 0.3) is 0 Å². The molecule has 0 bridgehead atoms. The first-order chi connectivity index (χ1) is 18.1. The van der Waals surface area contributed by atoms with Gasteiger partial charge in [-0.2, -0.15) is 0 Å². The van der Waals surface area contributed by atoms with Crippen LogP contribution in [0.15, 0.2) is 24.3 Å². The summed E-state index contributed by atoms with van der Waals surface area (Å²) in [6.45, 7) is 10.6. The third kappa shape index (κ3) is 4.87. The van der Waals surface area contributed by atoms with Crippen molar-refractivity contribution in [1.29, 1.82) is 5.41 Å². The number of hydrogen-bond acceptors (Lipinski definition) is 8. The molecule has 0 aliphatic carbocycles. The fraction of sp³-hybridized carbons (Fsp3) is 0.464. The molecule has 0 saturated carbocycles. The van der Waals surface area contributed by atoms with E-state index in [0.717, 1.165) is 0 Å². The second-order valence-electron chi connectivity index (χ2n) is 9.48. The van der Waals surface area contributed by atoms with Crippen molar-refractivity contribution in [3.63, 3.8) is 0 Å². The Morgan fingerprint density at radius 1 is 1.08 bits per heavy atom. The predicted octanol–water partition coefficient (Wildman–Crippen LogP) is 4.14. The zero-order valence-corrected chi connectivity index (χ0v) is 22.5. The molecule has 0 amide bonds. The van der Waals surface area contributed by atoms with Gasteiger partial charge in [0.15, 0.2) is 23.1 Å². The van der Waals surface area contributed by atoms with Gasteiger partial charge < -0.3 is 28.7 Å². The lowest BCUT2D eigenvalue weighted by molar-refractivity contribution is -0.141. The molecule has 0 saturated heterocycles. The number of carbonyl (C=O) groups excluding carboxylic acids is 2. The molecule has 4 rings (SSSR count). The van der Waals surface area contributed by atoms with E-state index >= 15 is 4.39 Å². The molecule has 0 spiro atoms. The van der Waals surface area contributed by atoms with Crippen molar-refractivity contribution in [2.45, 2.75) is 40.2 Å². The van der Waals surface area contributed by atoms with Crippen LogP contribution in [0.5, 0.6) is 17.2 Å². The van der Waals surface area contributed by atoms with Crippen molar-refractivity contribution in [3.8, 4) is 17.2 Å².